The summed E-state index contributed by atoms with van der Waals surface area (Å²) < 4.78 is 20.0. The molecular weight excluding hydrogens is 292 g/mol. The molecule has 0 aliphatic carbocycles. The van der Waals surface area contributed by atoms with Gasteiger partial charge >= 0.3 is 12.2 Å². The number of amides is 2. The predicted molar refractivity (Wildman–Crippen MR) is 79.2 cm³/mol. The second-order valence-electron chi connectivity index (χ2n) is 3.91. The van der Waals surface area contributed by atoms with Crippen molar-refractivity contribution in [3.63, 3.8) is 0 Å². The summed E-state index contributed by atoms with van der Waals surface area (Å²) in [4.78, 5) is 23.6. The summed E-state index contributed by atoms with van der Waals surface area (Å²) in [6.07, 6.45) is -1.52. The minimum atomic E-state index is -0.773. The molecular formula is C14H20N2O6. The van der Waals surface area contributed by atoms with Crippen molar-refractivity contribution in [2.24, 2.45) is 0 Å². The summed E-state index contributed by atoms with van der Waals surface area (Å²) in [6.45, 7) is 3.65. The van der Waals surface area contributed by atoms with E-state index in [1.54, 1.807) is 26.0 Å². The Morgan fingerprint density at radius 3 is 2.23 bits per heavy atom. The van der Waals surface area contributed by atoms with Crippen LogP contribution in [0.25, 0.3) is 0 Å². The molecule has 0 bridgehead atoms. The van der Waals surface area contributed by atoms with Crippen molar-refractivity contribution >= 4 is 17.9 Å². The molecule has 0 aromatic heterocycles. The SMILES string of the molecule is CCOC(=O)NN(C(=O)OCC)c1ccc(OC)c(OC)c1. The van der Waals surface area contributed by atoms with Crippen molar-refractivity contribution in [3.05, 3.63) is 18.2 Å². The molecule has 0 saturated carbocycles. The fraction of sp³-hybridized carbons (Fsp3) is 0.429. The summed E-state index contributed by atoms with van der Waals surface area (Å²) in [5, 5.41) is 0.934. The van der Waals surface area contributed by atoms with Gasteiger partial charge in [-0.1, -0.05) is 0 Å². The van der Waals surface area contributed by atoms with Gasteiger partial charge in [0.2, 0.25) is 0 Å². The zero-order valence-electron chi connectivity index (χ0n) is 13.0. The van der Waals surface area contributed by atoms with E-state index in [0.29, 0.717) is 17.2 Å². The number of methoxy groups -OCH3 is 2. The normalized spacial score (nSPS) is 9.64. The number of nitrogens with zero attached hydrogens (tertiary/aromatic N) is 1. The van der Waals surface area contributed by atoms with Gasteiger partial charge in [-0.2, -0.15) is 5.01 Å². The van der Waals surface area contributed by atoms with Crippen molar-refractivity contribution in [1.82, 2.24) is 5.43 Å². The lowest BCUT2D eigenvalue weighted by Crippen LogP contribution is -2.47. The van der Waals surface area contributed by atoms with Gasteiger partial charge in [0.1, 0.15) is 0 Å². The average Bonchev–Trinajstić information content (AvgIpc) is 2.52. The van der Waals surface area contributed by atoms with Gasteiger partial charge in [-0.3, -0.25) is 0 Å². The number of rotatable bonds is 5. The molecule has 0 fully saturated rings. The Balaban J connectivity index is 3.09. The summed E-state index contributed by atoms with van der Waals surface area (Å²) >= 11 is 0. The Morgan fingerprint density at radius 1 is 1.05 bits per heavy atom. The van der Waals surface area contributed by atoms with E-state index >= 15 is 0 Å². The van der Waals surface area contributed by atoms with E-state index in [1.165, 1.54) is 20.3 Å². The second kappa shape index (κ2) is 8.60. The third-order valence-electron chi connectivity index (χ3n) is 2.55. The molecule has 1 aromatic rings. The van der Waals surface area contributed by atoms with Crippen molar-refractivity contribution in [1.29, 1.82) is 0 Å². The molecule has 0 aliphatic rings. The van der Waals surface area contributed by atoms with Crippen LogP contribution in [0, 0.1) is 0 Å². The van der Waals surface area contributed by atoms with E-state index in [2.05, 4.69) is 5.43 Å². The van der Waals surface area contributed by atoms with E-state index < -0.39 is 12.2 Å². The maximum atomic E-state index is 12.0. The van der Waals surface area contributed by atoms with E-state index in [0.717, 1.165) is 5.01 Å². The topological polar surface area (TPSA) is 86.3 Å². The third-order valence-corrected chi connectivity index (χ3v) is 2.55. The molecule has 1 rings (SSSR count). The minimum Gasteiger partial charge on any atom is -0.493 e. The highest BCUT2D eigenvalue weighted by molar-refractivity contribution is 5.90. The van der Waals surface area contributed by atoms with Crippen LogP contribution in [0.2, 0.25) is 0 Å². The van der Waals surface area contributed by atoms with E-state index in [9.17, 15) is 9.59 Å². The third kappa shape index (κ3) is 4.44. The molecule has 0 aliphatic heterocycles. The Morgan fingerprint density at radius 2 is 1.68 bits per heavy atom. The molecule has 0 atom stereocenters. The number of hydrogen-bond acceptors (Lipinski definition) is 6. The van der Waals surface area contributed by atoms with Crippen molar-refractivity contribution in [2.75, 3.05) is 32.4 Å². The van der Waals surface area contributed by atoms with Gasteiger partial charge in [0.25, 0.3) is 0 Å². The molecule has 8 nitrogen and oxygen atoms in total. The van der Waals surface area contributed by atoms with E-state index in [-0.39, 0.29) is 13.2 Å². The van der Waals surface area contributed by atoms with E-state index in [4.69, 9.17) is 18.9 Å². The number of carbonyl (C=O) groups is 2. The Labute approximate surface area is 128 Å². The molecule has 0 heterocycles. The van der Waals surface area contributed by atoms with Gasteiger partial charge in [0.05, 0.1) is 33.1 Å². The molecule has 0 radical (unpaired) electrons. The standard InChI is InChI=1S/C14H20N2O6/c1-5-21-13(17)15-16(14(18)22-6-2)10-7-8-11(19-3)12(9-10)20-4/h7-9H,5-6H2,1-4H3,(H,15,17). The number of hydrogen-bond donors (Lipinski definition) is 1. The van der Waals surface area contributed by atoms with E-state index in [1.807, 2.05) is 0 Å². The summed E-state index contributed by atoms with van der Waals surface area (Å²) in [5.74, 6) is 0.895. The lowest BCUT2D eigenvalue weighted by molar-refractivity contribution is 0.138. The highest BCUT2D eigenvalue weighted by atomic mass is 16.6. The molecule has 22 heavy (non-hydrogen) atoms. The van der Waals surface area contributed by atoms with Gasteiger partial charge in [-0.05, 0) is 26.0 Å². The molecule has 122 valence electrons. The van der Waals surface area contributed by atoms with Crippen LogP contribution >= 0.6 is 0 Å². The Kier molecular flexibility index (Phi) is 6.81. The van der Waals surface area contributed by atoms with Crippen LogP contribution in [0.15, 0.2) is 18.2 Å². The molecule has 0 spiro atoms. The second-order valence-corrected chi connectivity index (χ2v) is 3.91. The first-order chi connectivity index (χ1) is 10.6. The number of ether oxygens (including phenoxy) is 4. The van der Waals surface area contributed by atoms with Gasteiger partial charge in [-0.25, -0.2) is 15.0 Å². The first-order valence-corrected chi connectivity index (χ1v) is 6.69. The number of carbonyl (C=O) groups excluding carboxylic acids is 2. The average molecular weight is 312 g/mol. The van der Waals surface area contributed by atoms with Gasteiger partial charge in [-0.15, -0.1) is 0 Å². The Hall–Kier alpha value is -2.64. The van der Waals surface area contributed by atoms with Crippen LogP contribution in [0.5, 0.6) is 11.5 Å². The molecule has 2 amide bonds. The fourth-order valence-corrected chi connectivity index (χ4v) is 1.62. The Bertz CT molecular complexity index is 520. The molecule has 0 saturated heterocycles. The van der Waals surface area contributed by atoms with Gasteiger partial charge in [0.15, 0.2) is 11.5 Å². The van der Waals surface area contributed by atoms with Crippen LogP contribution in [-0.4, -0.2) is 39.6 Å². The predicted octanol–water partition coefficient (Wildman–Crippen LogP) is 2.33. The first-order valence-electron chi connectivity index (χ1n) is 6.69. The van der Waals surface area contributed by atoms with Crippen LogP contribution in [0.1, 0.15) is 13.8 Å². The molecule has 8 heteroatoms. The minimum absolute atomic E-state index is 0.160. The van der Waals surface area contributed by atoms with Crippen molar-refractivity contribution < 1.29 is 28.5 Å². The lowest BCUT2D eigenvalue weighted by atomic mass is 10.2. The zero-order valence-corrected chi connectivity index (χ0v) is 13.0. The lowest BCUT2D eigenvalue weighted by Gasteiger charge is -2.22. The number of benzene rings is 1. The molecule has 0 unspecified atom stereocenters. The smallest absolute Gasteiger partial charge is 0.433 e. The highest BCUT2D eigenvalue weighted by Gasteiger charge is 2.21. The summed E-state index contributed by atoms with van der Waals surface area (Å²) in [5.41, 5.74) is 2.65. The van der Waals surface area contributed by atoms with Crippen molar-refractivity contribution in [3.8, 4) is 11.5 Å². The molecule has 1 aromatic carbocycles. The zero-order chi connectivity index (χ0) is 16.5. The summed E-state index contributed by atoms with van der Waals surface area (Å²) in [6, 6.07) is 4.71. The van der Waals surface area contributed by atoms with Crippen LogP contribution in [0.4, 0.5) is 15.3 Å². The monoisotopic (exact) mass is 312 g/mol. The quantitative estimate of drug-likeness (QED) is 0.840. The number of hydrazine groups is 1. The largest absolute Gasteiger partial charge is 0.493 e. The van der Waals surface area contributed by atoms with Crippen LogP contribution < -0.4 is 19.9 Å². The fourth-order valence-electron chi connectivity index (χ4n) is 1.62. The maximum Gasteiger partial charge on any atom is 0.433 e. The number of nitrogens with one attached hydrogen (secondary N) is 1. The summed E-state index contributed by atoms with van der Waals surface area (Å²) in [7, 11) is 2.96. The van der Waals surface area contributed by atoms with Crippen molar-refractivity contribution in [2.45, 2.75) is 13.8 Å². The first kappa shape index (κ1) is 17.4. The number of anilines is 1. The molecule has 1 N–H and O–H groups in total. The van der Waals surface area contributed by atoms with Gasteiger partial charge < -0.3 is 18.9 Å². The highest BCUT2D eigenvalue weighted by Crippen LogP contribution is 2.31. The maximum absolute atomic E-state index is 12.0. The van der Waals surface area contributed by atoms with Crippen LogP contribution in [0.3, 0.4) is 0 Å². The van der Waals surface area contributed by atoms with Gasteiger partial charge in [0, 0.05) is 6.07 Å². The van der Waals surface area contributed by atoms with Crippen LogP contribution in [-0.2, 0) is 9.47 Å².